The highest BCUT2D eigenvalue weighted by atomic mass is 127. The molecule has 6 heteroatoms. The predicted octanol–water partition coefficient (Wildman–Crippen LogP) is 4.59. The van der Waals surface area contributed by atoms with Crippen molar-refractivity contribution in [3.05, 3.63) is 65.2 Å². The number of halogens is 1. The first-order chi connectivity index (χ1) is 14.8. The highest BCUT2D eigenvalue weighted by Gasteiger charge is 2.19. The van der Waals surface area contributed by atoms with Crippen LogP contribution in [0.2, 0.25) is 0 Å². The number of ether oxygens (including phenoxy) is 1. The van der Waals surface area contributed by atoms with Crippen LogP contribution in [0.1, 0.15) is 42.4 Å². The molecule has 5 nitrogen and oxygen atoms in total. The first-order valence-electron chi connectivity index (χ1n) is 11.3. The molecule has 0 aromatic heterocycles. The third-order valence-corrected chi connectivity index (χ3v) is 6.09. The van der Waals surface area contributed by atoms with Crippen LogP contribution in [0, 0.1) is 0 Å². The minimum absolute atomic E-state index is 0. The SMILES string of the molecule is I.NC(=NCCCOC1CCN(Cc2ccccc2)CC1)Nc1ccc2c(c1)CCC2. The summed E-state index contributed by atoms with van der Waals surface area (Å²) in [7, 11) is 0. The number of hydrogen-bond donors (Lipinski definition) is 2. The molecule has 1 aliphatic carbocycles. The Hall–Kier alpha value is -1.64. The first kappa shape index (κ1) is 24.0. The molecule has 1 fully saturated rings. The van der Waals surface area contributed by atoms with Gasteiger partial charge in [0.25, 0.3) is 0 Å². The molecule has 0 atom stereocenters. The van der Waals surface area contributed by atoms with Crippen molar-refractivity contribution in [1.82, 2.24) is 4.90 Å². The van der Waals surface area contributed by atoms with E-state index in [-0.39, 0.29) is 24.0 Å². The summed E-state index contributed by atoms with van der Waals surface area (Å²) in [5.74, 6) is 0.488. The fraction of sp³-hybridized carbons (Fsp3) is 0.480. The number of aliphatic imine (C=N–C) groups is 1. The van der Waals surface area contributed by atoms with E-state index in [4.69, 9.17) is 10.5 Å². The maximum Gasteiger partial charge on any atom is 0.193 e. The van der Waals surface area contributed by atoms with E-state index in [1.165, 1.54) is 36.0 Å². The van der Waals surface area contributed by atoms with Gasteiger partial charge < -0.3 is 15.8 Å². The number of nitrogens with two attached hydrogens (primary N) is 1. The van der Waals surface area contributed by atoms with Gasteiger partial charge in [0.2, 0.25) is 0 Å². The quantitative estimate of drug-likeness (QED) is 0.225. The molecule has 2 aromatic rings. The number of piperidine rings is 1. The molecule has 1 saturated heterocycles. The van der Waals surface area contributed by atoms with Gasteiger partial charge in [-0.3, -0.25) is 9.89 Å². The largest absolute Gasteiger partial charge is 0.378 e. The minimum Gasteiger partial charge on any atom is -0.378 e. The average molecular weight is 534 g/mol. The standard InChI is InChI=1S/C25H34N4O.HI/c26-25(28-23-11-10-21-8-4-9-22(21)18-23)27-14-5-17-30-24-12-15-29(16-13-24)19-20-6-2-1-3-7-20;/h1-3,6-7,10-11,18,24H,4-5,8-9,12-17,19H2,(H3,26,27,28);1H. The molecular weight excluding hydrogens is 499 g/mol. The highest BCUT2D eigenvalue weighted by Crippen LogP contribution is 2.24. The fourth-order valence-electron chi connectivity index (χ4n) is 4.43. The summed E-state index contributed by atoms with van der Waals surface area (Å²) in [5, 5.41) is 3.22. The number of nitrogens with zero attached hydrogens (tertiary/aromatic N) is 2. The van der Waals surface area contributed by atoms with E-state index in [2.05, 4.69) is 63.7 Å². The Bertz CT molecular complexity index is 835. The molecule has 2 aromatic carbocycles. The van der Waals surface area contributed by atoms with Crippen LogP contribution in [-0.4, -0.2) is 43.2 Å². The van der Waals surface area contributed by atoms with E-state index in [0.717, 1.165) is 51.2 Å². The number of guanidine groups is 1. The third kappa shape index (κ3) is 7.47. The Balaban J connectivity index is 0.00000272. The minimum atomic E-state index is 0. The number of benzene rings is 2. The van der Waals surface area contributed by atoms with E-state index in [9.17, 15) is 0 Å². The molecule has 0 bridgehead atoms. The van der Waals surface area contributed by atoms with Gasteiger partial charge in [-0.15, -0.1) is 24.0 Å². The summed E-state index contributed by atoms with van der Waals surface area (Å²) in [6.45, 7) is 4.69. The molecule has 1 aliphatic heterocycles. The third-order valence-electron chi connectivity index (χ3n) is 6.09. The number of likely N-dealkylation sites (tertiary alicyclic amines) is 1. The van der Waals surface area contributed by atoms with E-state index in [0.29, 0.717) is 18.6 Å². The summed E-state index contributed by atoms with van der Waals surface area (Å²) < 4.78 is 6.07. The van der Waals surface area contributed by atoms with Crippen molar-refractivity contribution in [2.24, 2.45) is 10.7 Å². The lowest BCUT2D eigenvalue weighted by Gasteiger charge is -2.31. The Morgan fingerprint density at radius 3 is 2.65 bits per heavy atom. The van der Waals surface area contributed by atoms with Crippen molar-refractivity contribution in [3.63, 3.8) is 0 Å². The predicted molar refractivity (Wildman–Crippen MR) is 139 cm³/mol. The van der Waals surface area contributed by atoms with Crippen LogP contribution < -0.4 is 11.1 Å². The van der Waals surface area contributed by atoms with Crippen LogP contribution >= 0.6 is 24.0 Å². The van der Waals surface area contributed by atoms with Crippen LogP contribution in [0.15, 0.2) is 53.5 Å². The van der Waals surface area contributed by atoms with Gasteiger partial charge in [-0.05, 0) is 67.3 Å². The van der Waals surface area contributed by atoms with E-state index >= 15 is 0 Å². The van der Waals surface area contributed by atoms with Gasteiger partial charge in [0.15, 0.2) is 5.96 Å². The Morgan fingerprint density at radius 1 is 1.06 bits per heavy atom. The summed E-state index contributed by atoms with van der Waals surface area (Å²) >= 11 is 0. The van der Waals surface area contributed by atoms with Crippen LogP contribution in [-0.2, 0) is 24.1 Å². The van der Waals surface area contributed by atoms with Gasteiger partial charge in [-0.1, -0.05) is 36.4 Å². The van der Waals surface area contributed by atoms with Crippen molar-refractivity contribution in [1.29, 1.82) is 0 Å². The maximum absolute atomic E-state index is 6.07. The zero-order chi connectivity index (χ0) is 20.6. The molecule has 168 valence electrons. The second-order valence-corrected chi connectivity index (χ2v) is 8.41. The lowest BCUT2D eigenvalue weighted by molar-refractivity contribution is 0.00566. The number of nitrogens with one attached hydrogen (secondary N) is 1. The van der Waals surface area contributed by atoms with E-state index < -0.39 is 0 Å². The van der Waals surface area contributed by atoms with Gasteiger partial charge >= 0.3 is 0 Å². The van der Waals surface area contributed by atoms with Gasteiger partial charge in [-0.2, -0.15) is 0 Å². The lowest BCUT2D eigenvalue weighted by Crippen LogP contribution is -2.36. The fourth-order valence-corrected chi connectivity index (χ4v) is 4.43. The molecule has 3 N–H and O–H groups in total. The lowest BCUT2D eigenvalue weighted by atomic mass is 10.1. The van der Waals surface area contributed by atoms with Crippen LogP contribution in [0.4, 0.5) is 5.69 Å². The summed E-state index contributed by atoms with van der Waals surface area (Å²) in [4.78, 5) is 6.97. The van der Waals surface area contributed by atoms with Gasteiger partial charge in [0.1, 0.15) is 0 Å². The van der Waals surface area contributed by atoms with Crippen molar-refractivity contribution in [2.45, 2.75) is 51.2 Å². The van der Waals surface area contributed by atoms with Crippen LogP contribution in [0.25, 0.3) is 0 Å². The molecule has 0 unspecified atom stereocenters. The van der Waals surface area contributed by atoms with E-state index in [1.807, 2.05) is 0 Å². The van der Waals surface area contributed by atoms with Crippen molar-refractivity contribution in [3.8, 4) is 0 Å². The normalized spacial score (nSPS) is 17.2. The van der Waals surface area contributed by atoms with Gasteiger partial charge in [0, 0.05) is 38.5 Å². The topological polar surface area (TPSA) is 62.9 Å². The number of anilines is 1. The molecule has 0 spiro atoms. The summed E-state index contributed by atoms with van der Waals surface area (Å²) in [5.41, 5.74) is 11.4. The summed E-state index contributed by atoms with van der Waals surface area (Å²) in [6, 6.07) is 17.2. The average Bonchev–Trinajstić information content (AvgIpc) is 3.23. The number of rotatable bonds is 8. The second kappa shape index (κ2) is 12.4. The van der Waals surface area contributed by atoms with E-state index in [1.54, 1.807) is 0 Å². The van der Waals surface area contributed by atoms with Crippen molar-refractivity contribution >= 4 is 35.6 Å². The molecule has 4 rings (SSSR count). The molecular formula is C25H35IN4O. The monoisotopic (exact) mass is 534 g/mol. The van der Waals surface area contributed by atoms with Crippen molar-refractivity contribution < 1.29 is 4.74 Å². The highest BCUT2D eigenvalue weighted by molar-refractivity contribution is 14.0. The maximum atomic E-state index is 6.07. The summed E-state index contributed by atoms with van der Waals surface area (Å²) in [6.07, 6.45) is 7.12. The Morgan fingerprint density at radius 2 is 1.84 bits per heavy atom. The number of fused-ring (bicyclic) bond motifs is 1. The van der Waals surface area contributed by atoms with Gasteiger partial charge in [0.05, 0.1) is 6.10 Å². The zero-order valence-electron chi connectivity index (χ0n) is 18.3. The van der Waals surface area contributed by atoms with Crippen LogP contribution in [0.5, 0.6) is 0 Å². The molecule has 0 radical (unpaired) electrons. The molecule has 1 heterocycles. The molecule has 2 aliphatic rings. The Labute approximate surface area is 203 Å². The Kier molecular flexibility index (Phi) is 9.61. The number of hydrogen-bond acceptors (Lipinski definition) is 3. The zero-order valence-corrected chi connectivity index (χ0v) is 20.6. The molecule has 31 heavy (non-hydrogen) atoms. The molecule has 0 amide bonds. The van der Waals surface area contributed by atoms with Gasteiger partial charge in [-0.25, -0.2) is 0 Å². The molecule has 0 saturated carbocycles. The smallest absolute Gasteiger partial charge is 0.193 e. The first-order valence-corrected chi connectivity index (χ1v) is 11.3. The van der Waals surface area contributed by atoms with Crippen LogP contribution in [0.3, 0.4) is 0 Å². The second-order valence-electron chi connectivity index (χ2n) is 8.41. The number of aryl methyl sites for hydroxylation is 2. The van der Waals surface area contributed by atoms with Crippen molar-refractivity contribution in [2.75, 3.05) is 31.6 Å².